The number of nitrogens with one attached hydrogen (secondary N) is 1. The van der Waals surface area contributed by atoms with E-state index in [0.29, 0.717) is 35.7 Å². The van der Waals surface area contributed by atoms with E-state index >= 15 is 0 Å². The number of carbonyl (C=O) groups excluding carboxylic acids is 1. The molecule has 3 aromatic carbocycles. The number of nitrogens with zero attached hydrogens (tertiary/aromatic N) is 2. The van der Waals surface area contributed by atoms with Gasteiger partial charge in [0.2, 0.25) is 5.91 Å². The molecule has 0 saturated carbocycles. The fourth-order valence-electron chi connectivity index (χ4n) is 5.05. The summed E-state index contributed by atoms with van der Waals surface area (Å²) in [4.78, 5) is 32.1. The molecule has 5 nitrogen and oxygen atoms in total. The monoisotopic (exact) mass is 581 g/mol. The first-order valence-corrected chi connectivity index (χ1v) is 15.7. The van der Waals surface area contributed by atoms with Crippen molar-refractivity contribution in [2.24, 2.45) is 7.05 Å². The molecular formula is C36H43N3O2S. The van der Waals surface area contributed by atoms with Gasteiger partial charge in [0, 0.05) is 24.7 Å². The Morgan fingerprint density at radius 3 is 2.14 bits per heavy atom. The molecule has 0 aliphatic carbocycles. The van der Waals surface area contributed by atoms with Gasteiger partial charge in [0.25, 0.3) is 5.56 Å². The van der Waals surface area contributed by atoms with E-state index in [9.17, 15) is 9.59 Å². The van der Waals surface area contributed by atoms with Gasteiger partial charge in [0.15, 0.2) is 5.16 Å². The minimum atomic E-state index is -0.370. The van der Waals surface area contributed by atoms with E-state index in [1.807, 2.05) is 43.3 Å². The van der Waals surface area contributed by atoms with E-state index in [4.69, 9.17) is 4.98 Å². The molecule has 42 heavy (non-hydrogen) atoms. The lowest BCUT2D eigenvalue weighted by Gasteiger charge is -2.23. The molecule has 1 N–H and O–H groups in total. The van der Waals surface area contributed by atoms with Crippen LogP contribution in [0.2, 0.25) is 0 Å². The van der Waals surface area contributed by atoms with Crippen LogP contribution in [0.1, 0.15) is 80.1 Å². The first kappa shape index (κ1) is 31.3. The molecule has 0 fully saturated rings. The summed E-state index contributed by atoms with van der Waals surface area (Å²) in [6.07, 6.45) is 2.74. The number of aryl methyl sites for hydroxylation is 1. The fraction of sp³-hybridized carbons (Fsp3) is 0.361. The summed E-state index contributed by atoms with van der Waals surface area (Å²) in [5.41, 5.74) is 5.99. The van der Waals surface area contributed by atoms with Gasteiger partial charge in [-0.25, -0.2) is 4.98 Å². The summed E-state index contributed by atoms with van der Waals surface area (Å²) in [6, 6.07) is 28.6. The summed E-state index contributed by atoms with van der Waals surface area (Å²) in [7, 11) is 1.76. The lowest BCUT2D eigenvalue weighted by atomic mass is 9.86. The number of thioether (sulfide) groups is 1. The topological polar surface area (TPSA) is 64.0 Å². The van der Waals surface area contributed by atoms with Crippen molar-refractivity contribution in [3.8, 4) is 0 Å². The van der Waals surface area contributed by atoms with E-state index < -0.39 is 0 Å². The van der Waals surface area contributed by atoms with Crippen molar-refractivity contribution in [3.05, 3.63) is 129 Å². The molecule has 0 radical (unpaired) electrons. The number of hydrogen-bond donors (Lipinski definition) is 1. The van der Waals surface area contributed by atoms with E-state index in [2.05, 4.69) is 81.5 Å². The van der Waals surface area contributed by atoms with Crippen molar-refractivity contribution in [1.82, 2.24) is 14.9 Å². The molecular weight excluding hydrogens is 538 g/mol. The maximum Gasteiger partial charge on any atom is 0.257 e. The number of rotatable bonds is 11. The third kappa shape index (κ3) is 8.01. The van der Waals surface area contributed by atoms with E-state index in [1.165, 1.54) is 17.3 Å². The van der Waals surface area contributed by atoms with Crippen molar-refractivity contribution in [1.29, 1.82) is 0 Å². The summed E-state index contributed by atoms with van der Waals surface area (Å²) < 4.78 is 1.60. The van der Waals surface area contributed by atoms with Crippen LogP contribution in [0.3, 0.4) is 0 Å². The van der Waals surface area contributed by atoms with Crippen LogP contribution in [0, 0.1) is 6.92 Å². The molecule has 0 spiro atoms. The second-order valence-electron chi connectivity index (χ2n) is 12.0. The van der Waals surface area contributed by atoms with Crippen molar-refractivity contribution < 1.29 is 4.79 Å². The van der Waals surface area contributed by atoms with Gasteiger partial charge in [-0.2, -0.15) is 0 Å². The number of aromatic nitrogens is 2. The van der Waals surface area contributed by atoms with Crippen LogP contribution in [0.25, 0.3) is 0 Å². The van der Waals surface area contributed by atoms with Gasteiger partial charge in [-0.15, -0.1) is 0 Å². The largest absolute Gasteiger partial charge is 0.348 e. The van der Waals surface area contributed by atoms with E-state index in [1.54, 1.807) is 11.6 Å². The highest BCUT2D eigenvalue weighted by Gasteiger charge is 2.26. The molecule has 0 saturated heterocycles. The van der Waals surface area contributed by atoms with Crippen molar-refractivity contribution in [2.75, 3.05) is 0 Å². The van der Waals surface area contributed by atoms with Gasteiger partial charge in [-0.3, -0.25) is 14.2 Å². The molecule has 0 bridgehead atoms. The highest BCUT2D eigenvalue weighted by Crippen LogP contribution is 2.28. The Morgan fingerprint density at radius 2 is 1.55 bits per heavy atom. The van der Waals surface area contributed by atoms with Crippen molar-refractivity contribution in [2.45, 2.75) is 82.2 Å². The summed E-state index contributed by atoms with van der Waals surface area (Å²) >= 11 is 1.38. The van der Waals surface area contributed by atoms with Crippen molar-refractivity contribution in [3.63, 3.8) is 0 Å². The first-order valence-electron chi connectivity index (χ1n) is 14.8. The molecule has 4 rings (SSSR count). The third-order valence-corrected chi connectivity index (χ3v) is 8.95. The van der Waals surface area contributed by atoms with Gasteiger partial charge in [-0.05, 0) is 47.4 Å². The summed E-state index contributed by atoms with van der Waals surface area (Å²) in [5, 5.41) is 3.52. The van der Waals surface area contributed by atoms with E-state index in [0.717, 1.165) is 23.1 Å². The van der Waals surface area contributed by atoms with Gasteiger partial charge in [0.05, 0.1) is 11.3 Å². The van der Waals surface area contributed by atoms with Gasteiger partial charge < -0.3 is 5.32 Å². The summed E-state index contributed by atoms with van der Waals surface area (Å²) in [6.45, 7) is 10.5. The zero-order valence-electron chi connectivity index (χ0n) is 25.7. The Morgan fingerprint density at radius 1 is 0.929 bits per heavy atom. The van der Waals surface area contributed by atoms with E-state index in [-0.39, 0.29) is 28.2 Å². The second-order valence-corrected chi connectivity index (χ2v) is 13.2. The van der Waals surface area contributed by atoms with Crippen LogP contribution in [0.5, 0.6) is 0 Å². The average molecular weight is 582 g/mol. The molecule has 4 aromatic rings. The van der Waals surface area contributed by atoms with Crippen LogP contribution in [0.15, 0.2) is 94.9 Å². The Kier molecular flexibility index (Phi) is 10.4. The number of carbonyl (C=O) groups is 1. The highest BCUT2D eigenvalue weighted by molar-refractivity contribution is 8.00. The normalized spacial score (nSPS) is 13.0. The maximum absolute atomic E-state index is 13.8. The van der Waals surface area contributed by atoms with Crippen molar-refractivity contribution >= 4 is 17.7 Å². The smallest absolute Gasteiger partial charge is 0.257 e. The fourth-order valence-corrected chi connectivity index (χ4v) is 6.26. The number of benzene rings is 3. The SMILES string of the molecule is CCCC(Sc1nc(C)c(Cc2ccc(C(C)(C)C)cc2)c(=O)n1C)C(=O)NC(Cc1ccccc1)c1ccccc1. The minimum absolute atomic E-state index is 0.0402. The lowest BCUT2D eigenvalue weighted by molar-refractivity contribution is -0.121. The Balaban J connectivity index is 1.54. The summed E-state index contributed by atoms with van der Waals surface area (Å²) in [5.74, 6) is -0.0402. The van der Waals surface area contributed by atoms with Crippen LogP contribution in [0.4, 0.5) is 0 Å². The molecule has 1 aromatic heterocycles. The first-order chi connectivity index (χ1) is 20.1. The van der Waals surface area contributed by atoms with Gasteiger partial charge >= 0.3 is 0 Å². The average Bonchev–Trinajstić information content (AvgIpc) is 2.98. The molecule has 6 heteroatoms. The molecule has 220 valence electrons. The standard InChI is InChI=1S/C36H43N3O2S/c1-7-14-32(33(40)38-31(28-17-12-9-13-18-28)24-26-15-10-8-11-16-26)42-35-37-25(2)30(34(41)39(35)6)23-27-19-21-29(22-20-27)36(3,4)5/h8-13,15-22,31-32H,7,14,23-24H2,1-6H3,(H,38,40). The Hall–Kier alpha value is -3.64. The zero-order valence-corrected chi connectivity index (χ0v) is 26.5. The Bertz CT molecular complexity index is 1520. The quantitative estimate of drug-likeness (QED) is 0.149. The Labute approximate surface area is 254 Å². The van der Waals surface area contributed by atoms with Crippen LogP contribution in [-0.2, 0) is 30.1 Å². The van der Waals surface area contributed by atoms with Crippen LogP contribution >= 0.6 is 11.8 Å². The highest BCUT2D eigenvalue weighted by atomic mass is 32.2. The number of amides is 1. The van der Waals surface area contributed by atoms with Crippen LogP contribution in [-0.4, -0.2) is 20.7 Å². The predicted octanol–water partition coefficient (Wildman–Crippen LogP) is 7.34. The molecule has 2 unspecified atom stereocenters. The molecule has 1 heterocycles. The molecule has 2 atom stereocenters. The van der Waals surface area contributed by atoms with Gasteiger partial charge in [0.1, 0.15) is 0 Å². The second kappa shape index (κ2) is 14.0. The predicted molar refractivity (Wildman–Crippen MR) is 174 cm³/mol. The lowest BCUT2D eigenvalue weighted by Crippen LogP contribution is -2.37. The molecule has 1 amide bonds. The number of hydrogen-bond acceptors (Lipinski definition) is 4. The zero-order chi connectivity index (χ0) is 30.3. The van der Waals surface area contributed by atoms with Gasteiger partial charge in [-0.1, -0.05) is 131 Å². The molecule has 0 aliphatic rings. The molecule has 0 aliphatic heterocycles. The maximum atomic E-state index is 13.8. The van der Waals surface area contributed by atoms with Crippen LogP contribution < -0.4 is 10.9 Å². The third-order valence-electron chi connectivity index (χ3n) is 7.64. The minimum Gasteiger partial charge on any atom is -0.348 e.